The molecule has 1 rings (SSSR count). The smallest absolute Gasteiger partial charge is 0.232 e. The maximum absolute atomic E-state index is 11.8. The molecule has 1 aromatic carbocycles. The molecule has 96 valence electrons. The van der Waals surface area contributed by atoms with Gasteiger partial charge in [-0.25, -0.2) is 8.42 Å². The third-order valence-corrected chi connectivity index (χ3v) is 4.07. The zero-order valence-corrected chi connectivity index (χ0v) is 11.6. The van der Waals surface area contributed by atoms with Crippen LogP contribution in [0.1, 0.15) is 25.0 Å². The number of nitrogen functional groups attached to an aromatic ring is 1. The monoisotopic (exact) mass is 256 g/mol. The molecule has 0 amide bonds. The number of nitrogens with one attached hydrogen (secondary N) is 1. The van der Waals surface area contributed by atoms with Crippen molar-refractivity contribution in [3.8, 4) is 0 Å². The van der Waals surface area contributed by atoms with Crippen LogP contribution in [0.3, 0.4) is 0 Å². The zero-order valence-electron chi connectivity index (χ0n) is 10.7. The van der Waals surface area contributed by atoms with Crippen molar-refractivity contribution in [2.75, 3.05) is 16.2 Å². The molecular weight excluding hydrogens is 236 g/mol. The topological polar surface area (TPSA) is 72.2 Å². The van der Waals surface area contributed by atoms with Gasteiger partial charge in [-0.3, -0.25) is 4.72 Å². The average Bonchev–Trinajstić information content (AvgIpc) is 2.11. The minimum atomic E-state index is -3.28. The van der Waals surface area contributed by atoms with Crippen LogP contribution in [0.4, 0.5) is 11.4 Å². The van der Waals surface area contributed by atoms with Gasteiger partial charge >= 0.3 is 0 Å². The van der Waals surface area contributed by atoms with Gasteiger partial charge in [0.25, 0.3) is 0 Å². The van der Waals surface area contributed by atoms with Crippen molar-refractivity contribution in [3.05, 3.63) is 23.3 Å². The Kier molecular flexibility index (Phi) is 4.03. The number of sulfonamides is 1. The molecule has 3 N–H and O–H groups in total. The van der Waals surface area contributed by atoms with Gasteiger partial charge in [0.15, 0.2) is 0 Å². The Morgan fingerprint density at radius 2 is 1.82 bits per heavy atom. The van der Waals surface area contributed by atoms with Crippen LogP contribution in [-0.2, 0) is 10.0 Å². The second-order valence-electron chi connectivity index (χ2n) is 4.80. The number of hydrogen-bond acceptors (Lipinski definition) is 3. The summed E-state index contributed by atoms with van der Waals surface area (Å²) in [4.78, 5) is 0. The molecule has 0 saturated heterocycles. The van der Waals surface area contributed by atoms with E-state index in [0.717, 1.165) is 11.1 Å². The van der Waals surface area contributed by atoms with E-state index in [4.69, 9.17) is 5.73 Å². The molecule has 0 aromatic heterocycles. The highest BCUT2D eigenvalue weighted by atomic mass is 32.2. The Bertz CT molecular complexity index is 507. The van der Waals surface area contributed by atoms with E-state index in [1.807, 2.05) is 27.7 Å². The summed E-state index contributed by atoms with van der Waals surface area (Å²) in [5.74, 6) is 0.221. The van der Waals surface area contributed by atoms with Gasteiger partial charge in [-0.2, -0.15) is 0 Å². The number of hydrogen-bond donors (Lipinski definition) is 2. The Hall–Kier alpha value is -1.23. The molecular formula is C12H20N2O2S. The van der Waals surface area contributed by atoms with E-state index in [1.54, 1.807) is 12.1 Å². The summed E-state index contributed by atoms with van der Waals surface area (Å²) in [6.45, 7) is 7.44. The molecule has 0 bridgehead atoms. The SMILES string of the molecule is Cc1cc(NS(=O)(=O)CC(C)C)c(C)cc1N. The predicted octanol–water partition coefficient (Wildman–Crippen LogP) is 2.28. The van der Waals surface area contributed by atoms with E-state index in [-0.39, 0.29) is 11.7 Å². The van der Waals surface area contributed by atoms with Crippen molar-refractivity contribution < 1.29 is 8.42 Å². The molecule has 17 heavy (non-hydrogen) atoms. The second-order valence-corrected chi connectivity index (χ2v) is 6.57. The maximum atomic E-state index is 11.8. The van der Waals surface area contributed by atoms with Gasteiger partial charge in [0.05, 0.1) is 11.4 Å². The highest BCUT2D eigenvalue weighted by Crippen LogP contribution is 2.23. The average molecular weight is 256 g/mol. The molecule has 0 fully saturated rings. The van der Waals surface area contributed by atoms with Gasteiger partial charge in [0.1, 0.15) is 0 Å². The molecule has 1 aromatic rings. The summed E-state index contributed by atoms with van der Waals surface area (Å²) in [6, 6.07) is 3.55. The van der Waals surface area contributed by atoms with Crippen LogP contribution < -0.4 is 10.5 Å². The van der Waals surface area contributed by atoms with Gasteiger partial charge in [-0.1, -0.05) is 13.8 Å². The van der Waals surface area contributed by atoms with E-state index in [0.29, 0.717) is 11.4 Å². The van der Waals surface area contributed by atoms with E-state index >= 15 is 0 Å². The van der Waals surface area contributed by atoms with Crippen molar-refractivity contribution in [2.24, 2.45) is 5.92 Å². The quantitative estimate of drug-likeness (QED) is 0.812. The van der Waals surface area contributed by atoms with Crippen LogP contribution in [0.15, 0.2) is 12.1 Å². The summed E-state index contributed by atoms with van der Waals surface area (Å²) >= 11 is 0. The summed E-state index contributed by atoms with van der Waals surface area (Å²) in [5, 5.41) is 0. The fourth-order valence-electron chi connectivity index (χ4n) is 1.60. The second kappa shape index (κ2) is 4.96. The Labute approximate surface area is 103 Å². The molecule has 0 heterocycles. The summed E-state index contributed by atoms with van der Waals surface area (Å²) in [7, 11) is -3.28. The first-order valence-corrected chi connectivity index (χ1v) is 7.23. The van der Waals surface area contributed by atoms with Gasteiger partial charge in [0, 0.05) is 5.69 Å². The minimum absolute atomic E-state index is 0.0997. The third-order valence-electron chi connectivity index (χ3n) is 2.43. The van der Waals surface area contributed by atoms with E-state index in [9.17, 15) is 8.42 Å². The van der Waals surface area contributed by atoms with Gasteiger partial charge in [-0.15, -0.1) is 0 Å². The number of rotatable bonds is 4. The van der Waals surface area contributed by atoms with Gasteiger partial charge in [0.2, 0.25) is 10.0 Å². The van der Waals surface area contributed by atoms with Crippen molar-refractivity contribution in [1.29, 1.82) is 0 Å². The molecule has 0 aliphatic rings. The first-order chi connectivity index (χ1) is 7.71. The molecule has 0 atom stereocenters. The fraction of sp³-hybridized carbons (Fsp3) is 0.500. The van der Waals surface area contributed by atoms with E-state index in [2.05, 4.69) is 4.72 Å². The highest BCUT2D eigenvalue weighted by molar-refractivity contribution is 7.92. The first-order valence-electron chi connectivity index (χ1n) is 5.58. The zero-order chi connectivity index (χ0) is 13.2. The number of nitrogens with two attached hydrogens (primary N) is 1. The standard InChI is InChI=1S/C12H20N2O2S/c1-8(2)7-17(15,16)14-12-6-9(3)11(13)5-10(12)4/h5-6,8,14H,7,13H2,1-4H3. The van der Waals surface area contributed by atoms with E-state index < -0.39 is 10.0 Å². The van der Waals surface area contributed by atoms with Gasteiger partial charge in [-0.05, 0) is 43.0 Å². The van der Waals surface area contributed by atoms with Crippen molar-refractivity contribution >= 4 is 21.4 Å². The van der Waals surface area contributed by atoms with Crippen molar-refractivity contribution in [3.63, 3.8) is 0 Å². The molecule has 0 aliphatic carbocycles. The van der Waals surface area contributed by atoms with Crippen LogP contribution in [0, 0.1) is 19.8 Å². The number of anilines is 2. The maximum Gasteiger partial charge on any atom is 0.232 e. The lowest BCUT2D eigenvalue weighted by atomic mass is 10.1. The lowest BCUT2D eigenvalue weighted by Crippen LogP contribution is -2.20. The van der Waals surface area contributed by atoms with Crippen LogP contribution in [0.2, 0.25) is 0 Å². The Morgan fingerprint density at radius 1 is 1.24 bits per heavy atom. The lowest BCUT2D eigenvalue weighted by molar-refractivity contribution is 0.587. The molecule has 5 heteroatoms. The van der Waals surface area contributed by atoms with Crippen LogP contribution >= 0.6 is 0 Å². The highest BCUT2D eigenvalue weighted by Gasteiger charge is 2.14. The summed E-state index contributed by atoms with van der Waals surface area (Å²) in [5.41, 5.74) is 8.75. The number of aryl methyl sites for hydroxylation is 2. The van der Waals surface area contributed by atoms with Gasteiger partial charge < -0.3 is 5.73 Å². The lowest BCUT2D eigenvalue weighted by Gasteiger charge is -2.13. The largest absolute Gasteiger partial charge is 0.399 e. The molecule has 0 unspecified atom stereocenters. The molecule has 4 nitrogen and oxygen atoms in total. The van der Waals surface area contributed by atoms with Crippen molar-refractivity contribution in [2.45, 2.75) is 27.7 Å². The van der Waals surface area contributed by atoms with Crippen LogP contribution in [0.25, 0.3) is 0 Å². The minimum Gasteiger partial charge on any atom is -0.399 e. The van der Waals surface area contributed by atoms with E-state index in [1.165, 1.54) is 0 Å². The Balaban J connectivity index is 3.00. The molecule has 0 spiro atoms. The predicted molar refractivity (Wildman–Crippen MR) is 72.6 cm³/mol. The molecule has 0 aliphatic heterocycles. The summed E-state index contributed by atoms with van der Waals surface area (Å²) < 4.78 is 26.2. The normalized spacial score (nSPS) is 11.8. The van der Waals surface area contributed by atoms with Crippen LogP contribution in [0.5, 0.6) is 0 Å². The Morgan fingerprint density at radius 3 is 2.35 bits per heavy atom. The third kappa shape index (κ3) is 3.93. The fourth-order valence-corrected chi connectivity index (χ4v) is 3.11. The molecule has 0 radical (unpaired) electrons. The number of benzene rings is 1. The first kappa shape index (κ1) is 13.8. The summed E-state index contributed by atoms with van der Waals surface area (Å²) in [6.07, 6.45) is 0. The van der Waals surface area contributed by atoms with Crippen molar-refractivity contribution in [1.82, 2.24) is 0 Å². The molecule has 0 saturated carbocycles. The van der Waals surface area contributed by atoms with Crippen LogP contribution in [-0.4, -0.2) is 14.2 Å².